The van der Waals surface area contributed by atoms with Crippen molar-refractivity contribution in [3.05, 3.63) is 23.8 Å². The summed E-state index contributed by atoms with van der Waals surface area (Å²) >= 11 is 0. The van der Waals surface area contributed by atoms with Crippen molar-refractivity contribution in [3.8, 4) is 0 Å². The second-order valence-corrected chi connectivity index (χ2v) is 4.89. The highest BCUT2D eigenvalue weighted by Crippen LogP contribution is 2.22. The number of hydrogen-bond donors (Lipinski definition) is 3. The van der Waals surface area contributed by atoms with Gasteiger partial charge in [0.2, 0.25) is 0 Å². The summed E-state index contributed by atoms with van der Waals surface area (Å²) in [6.07, 6.45) is 3.45. The Morgan fingerprint density at radius 2 is 2.11 bits per heavy atom. The van der Waals surface area contributed by atoms with E-state index >= 15 is 0 Å². The molecule has 0 aliphatic rings. The van der Waals surface area contributed by atoms with Crippen LogP contribution in [-0.4, -0.2) is 17.6 Å². The first-order chi connectivity index (χ1) is 8.52. The van der Waals surface area contributed by atoms with Gasteiger partial charge < -0.3 is 16.2 Å². The molecule has 0 atom stereocenters. The van der Waals surface area contributed by atoms with Gasteiger partial charge in [-0.15, -0.1) is 0 Å². The maximum absolute atomic E-state index is 10.9. The van der Waals surface area contributed by atoms with E-state index in [1.165, 1.54) is 18.9 Å². The van der Waals surface area contributed by atoms with E-state index in [1.807, 2.05) is 6.07 Å². The van der Waals surface area contributed by atoms with Gasteiger partial charge in [0.1, 0.15) is 0 Å². The Morgan fingerprint density at radius 1 is 1.39 bits per heavy atom. The Kier molecular flexibility index (Phi) is 5.49. The highest BCUT2D eigenvalue weighted by Gasteiger charge is 2.10. The predicted octanol–water partition coefficient (Wildman–Crippen LogP) is 3.21. The minimum atomic E-state index is -0.990. The molecule has 4 nitrogen and oxygen atoms in total. The van der Waals surface area contributed by atoms with Crippen LogP contribution in [0.2, 0.25) is 0 Å². The summed E-state index contributed by atoms with van der Waals surface area (Å²) in [4.78, 5) is 10.9. The number of carbonyl (C=O) groups is 1. The lowest BCUT2D eigenvalue weighted by Crippen LogP contribution is -2.08. The molecule has 4 N–H and O–H groups in total. The van der Waals surface area contributed by atoms with Gasteiger partial charge in [-0.3, -0.25) is 0 Å². The fraction of sp³-hybridized carbons (Fsp3) is 0.500. The summed E-state index contributed by atoms with van der Waals surface area (Å²) in [6, 6.07) is 5.03. The van der Waals surface area contributed by atoms with Gasteiger partial charge in [0.05, 0.1) is 16.9 Å². The summed E-state index contributed by atoms with van der Waals surface area (Å²) in [7, 11) is 0. The lowest BCUT2D eigenvalue weighted by atomic mass is 10.1. The lowest BCUT2D eigenvalue weighted by molar-refractivity contribution is 0.0698. The molecule has 0 heterocycles. The molecule has 0 amide bonds. The van der Waals surface area contributed by atoms with Crippen LogP contribution >= 0.6 is 0 Å². The van der Waals surface area contributed by atoms with Crippen LogP contribution in [0.3, 0.4) is 0 Å². The number of anilines is 2. The molecular weight excluding hydrogens is 228 g/mol. The molecule has 0 aliphatic heterocycles. The van der Waals surface area contributed by atoms with Crippen LogP contribution in [0, 0.1) is 5.92 Å². The third kappa shape index (κ3) is 4.28. The van der Waals surface area contributed by atoms with E-state index in [2.05, 4.69) is 19.2 Å². The van der Waals surface area contributed by atoms with Crippen molar-refractivity contribution in [2.45, 2.75) is 33.1 Å². The Morgan fingerprint density at radius 3 is 2.72 bits per heavy atom. The molecule has 1 aromatic rings. The van der Waals surface area contributed by atoms with E-state index in [9.17, 15) is 4.79 Å². The fourth-order valence-electron chi connectivity index (χ4n) is 1.81. The molecule has 0 fully saturated rings. The average Bonchev–Trinajstić information content (AvgIpc) is 2.30. The number of para-hydroxylation sites is 1. The summed E-state index contributed by atoms with van der Waals surface area (Å²) in [5.41, 5.74) is 6.98. The summed E-state index contributed by atoms with van der Waals surface area (Å²) < 4.78 is 0. The molecule has 0 radical (unpaired) electrons. The number of rotatable bonds is 7. The SMILES string of the molecule is CC(C)CCCCNc1cccc(C(=O)O)c1N. The number of aromatic carboxylic acids is 1. The number of unbranched alkanes of at least 4 members (excludes halogenated alkanes) is 1. The molecule has 0 spiro atoms. The van der Waals surface area contributed by atoms with Crippen molar-refractivity contribution in [2.24, 2.45) is 5.92 Å². The zero-order valence-corrected chi connectivity index (χ0v) is 11.1. The van der Waals surface area contributed by atoms with E-state index in [0.29, 0.717) is 11.4 Å². The summed E-state index contributed by atoms with van der Waals surface area (Å²) in [5, 5.41) is 12.1. The molecule has 0 saturated carbocycles. The van der Waals surface area contributed by atoms with E-state index < -0.39 is 5.97 Å². The van der Waals surface area contributed by atoms with E-state index in [1.54, 1.807) is 6.07 Å². The van der Waals surface area contributed by atoms with Gasteiger partial charge in [-0.2, -0.15) is 0 Å². The number of hydrogen-bond acceptors (Lipinski definition) is 3. The van der Waals surface area contributed by atoms with Crippen LogP contribution in [-0.2, 0) is 0 Å². The lowest BCUT2D eigenvalue weighted by Gasteiger charge is -2.11. The first-order valence-electron chi connectivity index (χ1n) is 6.38. The van der Waals surface area contributed by atoms with Crippen LogP contribution < -0.4 is 11.1 Å². The average molecular weight is 250 g/mol. The predicted molar refractivity (Wildman–Crippen MR) is 75.0 cm³/mol. The first kappa shape index (κ1) is 14.4. The van der Waals surface area contributed by atoms with Gasteiger partial charge in [0.25, 0.3) is 0 Å². The standard InChI is InChI=1S/C14H22N2O2/c1-10(2)6-3-4-9-16-12-8-5-7-11(13(12)15)14(17)18/h5,7-8,10,16H,3-4,6,9,15H2,1-2H3,(H,17,18). The molecule has 1 rings (SSSR count). The monoisotopic (exact) mass is 250 g/mol. The number of carboxylic acids is 1. The molecule has 18 heavy (non-hydrogen) atoms. The molecule has 0 saturated heterocycles. The summed E-state index contributed by atoms with van der Waals surface area (Å²) in [6.45, 7) is 5.24. The number of nitrogen functional groups attached to an aromatic ring is 1. The Labute approximate surface area is 108 Å². The Hall–Kier alpha value is -1.71. The van der Waals surface area contributed by atoms with Crippen molar-refractivity contribution in [3.63, 3.8) is 0 Å². The molecule has 1 aromatic carbocycles. The first-order valence-corrected chi connectivity index (χ1v) is 6.38. The van der Waals surface area contributed by atoms with Crippen LogP contribution in [0.25, 0.3) is 0 Å². The van der Waals surface area contributed by atoms with Gasteiger partial charge in [-0.05, 0) is 24.5 Å². The quantitative estimate of drug-likeness (QED) is 0.513. The Bertz CT molecular complexity index is 403. The van der Waals surface area contributed by atoms with E-state index in [-0.39, 0.29) is 5.56 Å². The zero-order chi connectivity index (χ0) is 13.5. The third-order valence-electron chi connectivity index (χ3n) is 2.86. The van der Waals surface area contributed by atoms with Crippen LogP contribution in [0.4, 0.5) is 11.4 Å². The van der Waals surface area contributed by atoms with E-state index in [4.69, 9.17) is 10.8 Å². The van der Waals surface area contributed by atoms with Gasteiger partial charge in [0.15, 0.2) is 0 Å². The maximum Gasteiger partial charge on any atom is 0.337 e. The third-order valence-corrected chi connectivity index (χ3v) is 2.86. The smallest absolute Gasteiger partial charge is 0.337 e. The number of benzene rings is 1. The largest absolute Gasteiger partial charge is 0.478 e. The second kappa shape index (κ2) is 6.89. The van der Waals surface area contributed by atoms with Gasteiger partial charge in [0, 0.05) is 6.54 Å². The minimum Gasteiger partial charge on any atom is -0.478 e. The van der Waals surface area contributed by atoms with Gasteiger partial charge in [-0.1, -0.05) is 32.8 Å². The molecule has 0 unspecified atom stereocenters. The van der Waals surface area contributed by atoms with Crippen molar-refractivity contribution in [2.75, 3.05) is 17.6 Å². The fourth-order valence-corrected chi connectivity index (χ4v) is 1.81. The highest BCUT2D eigenvalue weighted by atomic mass is 16.4. The topological polar surface area (TPSA) is 75.3 Å². The highest BCUT2D eigenvalue weighted by molar-refractivity contribution is 5.97. The van der Waals surface area contributed by atoms with Gasteiger partial charge >= 0.3 is 5.97 Å². The number of carboxylic acid groups (broad SMARTS) is 1. The summed E-state index contributed by atoms with van der Waals surface area (Å²) in [5.74, 6) is -0.263. The molecule has 0 aliphatic carbocycles. The van der Waals surface area contributed by atoms with Gasteiger partial charge in [-0.25, -0.2) is 4.79 Å². The van der Waals surface area contributed by atoms with Crippen LogP contribution in [0.1, 0.15) is 43.5 Å². The number of nitrogens with two attached hydrogens (primary N) is 1. The van der Waals surface area contributed by atoms with Crippen LogP contribution in [0.5, 0.6) is 0 Å². The minimum absolute atomic E-state index is 0.155. The molecule has 0 bridgehead atoms. The molecule has 4 heteroatoms. The number of nitrogens with one attached hydrogen (secondary N) is 1. The van der Waals surface area contributed by atoms with Crippen molar-refractivity contribution in [1.29, 1.82) is 0 Å². The Balaban J connectivity index is 2.48. The second-order valence-electron chi connectivity index (χ2n) is 4.89. The zero-order valence-electron chi connectivity index (χ0n) is 11.1. The molecule has 100 valence electrons. The van der Waals surface area contributed by atoms with Crippen molar-refractivity contribution in [1.82, 2.24) is 0 Å². The normalized spacial score (nSPS) is 10.6. The molecule has 0 aromatic heterocycles. The van der Waals surface area contributed by atoms with E-state index in [0.717, 1.165) is 18.9 Å². The molecular formula is C14H22N2O2. The van der Waals surface area contributed by atoms with Crippen molar-refractivity contribution >= 4 is 17.3 Å². The van der Waals surface area contributed by atoms with Crippen LogP contribution in [0.15, 0.2) is 18.2 Å². The maximum atomic E-state index is 10.9. The van der Waals surface area contributed by atoms with Crippen molar-refractivity contribution < 1.29 is 9.90 Å².